The second kappa shape index (κ2) is 5.25. The molecule has 102 valence electrons. The molecule has 0 saturated carbocycles. The molecule has 1 aliphatic heterocycles. The Morgan fingerprint density at radius 1 is 1.25 bits per heavy atom. The van der Waals surface area contributed by atoms with Crippen LogP contribution in [0.1, 0.15) is 28.3 Å². The van der Waals surface area contributed by atoms with Gasteiger partial charge in [-0.3, -0.25) is 4.79 Å². The summed E-state index contributed by atoms with van der Waals surface area (Å²) in [6.07, 6.45) is 0.543. The molecule has 2 aromatic carbocycles. The molecule has 3 rings (SSSR count). The van der Waals surface area contributed by atoms with Gasteiger partial charge in [0.25, 0.3) is 0 Å². The third-order valence-electron chi connectivity index (χ3n) is 3.47. The van der Waals surface area contributed by atoms with Crippen molar-refractivity contribution in [2.75, 3.05) is 6.61 Å². The van der Waals surface area contributed by atoms with Gasteiger partial charge in [-0.15, -0.1) is 0 Å². The maximum absolute atomic E-state index is 13.8. The maximum Gasteiger partial charge on any atom is 0.173 e. The summed E-state index contributed by atoms with van der Waals surface area (Å²) in [5, 5.41) is 0.357. The summed E-state index contributed by atoms with van der Waals surface area (Å²) in [6, 6.07) is 11.4. The minimum Gasteiger partial charge on any atom is -0.493 e. The van der Waals surface area contributed by atoms with Crippen LogP contribution >= 0.6 is 11.6 Å². The van der Waals surface area contributed by atoms with E-state index < -0.39 is 5.82 Å². The molecule has 0 fully saturated rings. The van der Waals surface area contributed by atoms with Crippen molar-refractivity contribution in [3.8, 4) is 5.75 Å². The quantitative estimate of drug-likeness (QED) is 0.774. The lowest BCUT2D eigenvalue weighted by molar-refractivity contribution is 0.0929. The molecule has 2 nitrogen and oxygen atoms in total. The number of ketones is 1. The molecule has 4 heteroatoms. The van der Waals surface area contributed by atoms with E-state index in [2.05, 4.69) is 0 Å². The fourth-order valence-electron chi connectivity index (χ4n) is 2.49. The molecule has 0 N–H and O–H groups in total. The van der Waals surface area contributed by atoms with Crippen molar-refractivity contribution < 1.29 is 13.9 Å². The van der Waals surface area contributed by atoms with Gasteiger partial charge in [-0.05, 0) is 30.7 Å². The number of benzene rings is 2. The fourth-order valence-corrected chi connectivity index (χ4v) is 2.66. The van der Waals surface area contributed by atoms with E-state index in [9.17, 15) is 9.18 Å². The Balaban J connectivity index is 2.02. The minimum absolute atomic E-state index is 0.0409. The van der Waals surface area contributed by atoms with E-state index in [0.717, 1.165) is 5.56 Å². The van der Waals surface area contributed by atoms with Crippen LogP contribution in [0.4, 0.5) is 4.39 Å². The predicted octanol–water partition coefficient (Wildman–Crippen LogP) is 4.23. The van der Waals surface area contributed by atoms with Crippen molar-refractivity contribution in [1.82, 2.24) is 0 Å². The van der Waals surface area contributed by atoms with Crippen molar-refractivity contribution in [2.45, 2.75) is 12.3 Å². The Bertz CT molecular complexity index is 669. The highest BCUT2D eigenvalue weighted by molar-refractivity contribution is 6.31. The second-order valence-electron chi connectivity index (χ2n) is 4.72. The Hall–Kier alpha value is -1.87. The first kappa shape index (κ1) is 13.1. The highest BCUT2D eigenvalue weighted by atomic mass is 35.5. The summed E-state index contributed by atoms with van der Waals surface area (Å²) in [7, 11) is 0. The topological polar surface area (TPSA) is 26.3 Å². The SMILES string of the molecule is O=C(c1cc(Cl)ccc1F)C1CCOc2ccccc21. The third-order valence-corrected chi connectivity index (χ3v) is 3.70. The van der Waals surface area contributed by atoms with Crippen LogP contribution < -0.4 is 4.74 Å². The number of Topliss-reactive ketones (excluding diaryl/α,β-unsaturated/α-hetero) is 1. The van der Waals surface area contributed by atoms with Gasteiger partial charge in [0.15, 0.2) is 5.78 Å². The molecule has 0 spiro atoms. The number of hydrogen-bond donors (Lipinski definition) is 0. The Morgan fingerprint density at radius 3 is 2.90 bits per heavy atom. The summed E-state index contributed by atoms with van der Waals surface area (Å²) < 4.78 is 19.4. The average molecular weight is 291 g/mol. The first-order valence-corrected chi connectivity index (χ1v) is 6.75. The summed E-state index contributed by atoms with van der Waals surface area (Å²) >= 11 is 5.86. The van der Waals surface area contributed by atoms with Crippen LogP contribution in [0.2, 0.25) is 5.02 Å². The molecule has 2 aromatic rings. The molecule has 0 bridgehead atoms. The van der Waals surface area contributed by atoms with E-state index in [1.54, 1.807) is 0 Å². The van der Waals surface area contributed by atoms with Crippen LogP contribution in [-0.2, 0) is 0 Å². The lowest BCUT2D eigenvalue weighted by Crippen LogP contribution is -2.22. The Labute approximate surface area is 121 Å². The zero-order valence-corrected chi connectivity index (χ0v) is 11.4. The molecule has 0 aromatic heterocycles. The van der Waals surface area contributed by atoms with Crippen molar-refractivity contribution >= 4 is 17.4 Å². The van der Waals surface area contributed by atoms with Crippen molar-refractivity contribution in [2.24, 2.45) is 0 Å². The molecule has 1 unspecified atom stereocenters. The fraction of sp³-hybridized carbons (Fsp3) is 0.188. The summed E-state index contributed by atoms with van der Waals surface area (Å²) in [6.45, 7) is 0.454. The van der Waals surface area contributed by atoms with Gasteiger partial charge in [-0.1, -0.05) is 29.8 Å². The number of carbonyl (C=O) groups excluding carboxylic acids is 1. The van der Waals surface area contributed by atoms with E-state index in [-0.39, 0.29) is 17.3 Å². The van der Waals surface area contributed by atoms with Crippen LogP contribution in [0.25, 0.3) is 0 Å². The molecule has 1 heterocycles. The van der Waals surface area contributed by atoms with Crippen molar-refractivity contribution in [3.63, 3.8) is 0 Å². The number of para-hydroxylation sites is 1. The highest BCUT2D eigenvalue weighted by Gasteiger charge is 2.29. The smallest absolute Gasteiger partial charge is 0.173 e. The molecule has 1 aliphatic rings. The Morgan fingerprint density at radius 2 is 2.05 bits per heavy atom. The lowest BCUT2D eigenvalue weighted by atomic mass is 9.86. The third kappa shape index (κ3) is 2.29. The standard InChI is InChI=1S/C16H12ClFO2/c17-10-5-6-14(18)13(9-10)16(19)12-7-8-20-15-4-2-1-3-11(12)15/h1-6,9,12H,7-8H2. The van der Waals surface area contributed by atoms with E-state index in [4.69, 9.17) is 16.3 Å². The lowest BCUT2D eigenvalue weighted by Gasteiger charge is -2.25. The van der Waals surface area contributed by atoms with Gasteiger partial charge in [0.05, 0.1) is 18.1 Å². The van der Waals surface area contributed by atoms with Crippen molar-refractivity contribution in [3.05, 3.63) is 64.4 Å². The van der Waals surface area contributed by atoms with Crippen LogP contribution in [-0.4, -0.2) is 12.4 Å². The van der Waals surface area contributed by atoms with Crippen LogP contribution in [0.3, 0.4) is 0 Å². The Kier molecular flexibility index (Phi) is 3.45. The van der Waals surface area contributed by atoms with Gasteiger partial charge in [-0.25, -0.2) is 4.39 Å². The molecule has 20 heavy (non-hydrogen) atoms. The molecule has 0 radical (unpaired) electrons. The van der Waals surface area contributed by atoms with Gasteiger partial charge in [-0.2, -0.15) is 0 Å². The van der Waals surface area contributed by atoms with Crippen molar-refractivity contribution in [1.29, 1.82) is 0 Å². The molecular weight excluding hydrogens is 279 g/mol. The van der Waals surface area contributed by atoms with Gasteiger partial charge < -0.3 is 4.74 Å². The van der Waals surface area contributed by atoms with Gasteiger partial charge >= 0.3 is 0 Å². The van der Waals surface area contributed by atoms with E-state index in [1.807, 2.05) is 24.3 Å². The number of carbonyl (C=O) groups is 1. The van der Waals surface area contributed by atoms with E-state index in [1.165, 1.54) is 18.2 Å². The number of fused-ring (bicyclic) bond motifs is 1. The largest absolute Gasteiger partial charge is 0.493 e. The normalized spacial score (nSPS) is 17.2. The molecular formula is C16H12ClFO2. The monoisotopic (exact) mass is 290 g/mol. The first-order chi connectivity index (χ1) is 9.66. The van der Waals surface area contributed by atoms with Gasteiger partial charge in [0, 0.05) is 10.6 Å². The average Bonchev–Trinajstić information content (AvgIpc) is 2.48. The summed E-state index contributed by atoms with van der Waals surface area (Å²) in [4.78, 5) is 12.6. The first-order valence-electron chi connectivity index (χ1n) is 6.38. The number of hydrogen-bond acceptors (Lipinski definition) is 2. The summed E-state index contributed by atoms with van der Waals surface area (Å²) in [5.41, 5.74) is 0.849. The predicted molar refractivity (Wildman–Crippen MR) is 75.0 cm³/mol. The zero-order chi connectivity index (χ0) is 14.1. The van der Waals surface area contributed by atoms with Crippen LogP contribution in [0.15, 0.2) is 42.5 Å². The zero-order valence-electron chi connectivity index (χ0n) is 10.6. The molecule has 0 amide bonds. The number of halogens is 2. The second-order valence-corrected chi connectivity index (χ2v) is 5.15. The van der Waals surface area contributed by atoms with Crippen LogP contribution in [0, 0.1) is 5.82 Å². The van der Waals surface area contributed by atoms with E-state index >= 15 is 0 Å². The summed E-state index contributed by atoms with van der Waals surface area (Å²) in [5.74, 6) is -0.475. The maximum atomic E-state index is 13.8. The van der Waals surface area contributed by atoms with Gasteiger partial charge in [0.2, 0.25) is 0 Å². The van der Waals surface area contributed by atoms with E-state index in [0.29, 0.717) is 23.8 Å². The minimum atomic E-state index is -0.539. The number of ether oxygens (including phenoxy) is 1. The molecule has 1 atom stereocenters. The molecule has 0 saturated heterocycles. The number of rotatable bonds is 2. The van der Waals surface area contributed by atoms with Gasteiger partial charge in [0.1, 0.15) is 11.6 Å². The van der Waals surface area contributed by atoms with Crippen LogP contribution in [0.5, 0.6) is 5.75 Å². The highest BCUT2D eigenvalue weighted by Crippen LogP contribution is 2.36. The molecule has 0 aliphatic carbocycles.